The number of imide groups is 1. The van der Waals surface area contributed by atoms with Crippen LogP contribution in [-0.4, -0.2) is 59.7 Å². The highest BCUT2D eigenvalue weighted by Crippen LogP contribution is 2.16. The highest BCUT2D eigenvalue weighted by molar-refractivity contribution is 6.01. The second-order valence-corrected chi connectivity index (χ2v) is 15.4. The molecule has 2 amide bonds. The van der Waals surface area contributed by atoms with E-state index in [9.17, 15) is 14.4 Å². The molecule has 10 nitrogen and oxygen atoms in total. The van der Waals surface area contributed by atoms with Gasteiger partial charge in [0.25, 0.3) is 0 Å². The van der Waals surface area contributed by atoms with E-state index in [0.717, 1.165) is 44.9 Å². The minimum Gasteiger partial charge on any atom is -0.370 e. The summed E-state index contributed by atoms with van der Waals surface area (Å²) in [6.07, 6.45) is 37.7. The van der Waals surface area contributed by atoms with Gasteiger partial charge in [0.05, 0.1) is 6.04 Å². The second-order valence-electron chi connectivity index (χ2n) is 15.4. The Hall–Kier alpha value is -2.30. The van der Waals surface area contributed by atoms with Crippen LogP contribution in [0.4, 0.5) is 0 Å². The topological polar surface area (TPSA) is 197 Å². The number of carbonyl (C=O) groups is 3. The van der Waals surface area contributed by atoms with Gasteiger partial charge in [0.1, 0.15) is 6.04 Å². The Bertz CT molecular complexity index is 954. The second kappa shape index (κ2) is 36.7. The van der Waals surface area contributed by atoms with Crippen LogP contribution in [0.1, 0.15) is 206 Å². The van der Waals surface area contributed by atoms with Crippen molar-refractivity contribution in [3.63, 3.8) is 0 Å². The van der Waals surface area contributed by atoms with Crippen molar-refractivity contribution in [1.29, 1.82) is 0 Å². The third-order valence-corrected chi connectivity index (χ3v) is 10.3. The number of nitrogens with two attached hydrogens (primary N) is 5. The number of guanidine groups is 1. The highest BCUT2D eigenvalue weighted by Gasteiger charge is 2.33. The molecule has 0 fully saturated rings. The molecule has 53 heavy (non-hydrogen) atoms. The van der Waals surface area contributed by atoms with Gasteiger partial charge in [-0.05, 0) is 44.9 Å². The molecule has 0 aliphatic heterocycles. The van der Waals surface area contributed by atoms with E-state index in [1.165, 1.54) is 127 Å². The van der Waals surface area contributed by atoms with Crippen LogP contribution < -0.4 is 28.7 Å². The smallest absolute Gasteiger partial charge is 0.248 e. The average molecular weight is 748 g/mol. The number of amides is 2. The van der Waals surface area contributed by atoms with Crippen LogP contribution in [-0.2, 0) is 14.4 Å². The van der Waals surface area contributed by atoms with Gasteiger partial charge in [-0.25, -0.2) is 0 Å². The fourth-order valence-electron chi connectivity index (χ4n) is 6.69. The molecule has 0 rings (SSSR count). The number of allylic oxidation sites excluding steroid dienone is 2. The highest BCUT2D eigenvalue weighted by atomic mass is 16.2. The Kier molecular flexibility index (Phi) is 35.1. The van der Waals surface area contributed by atoms with Gasteiger partial charge < -0.3 is 28.7 Å². The van der Waals surface area contributed by atoms with E-state index in [4.69, 9.17) is 28.7 Å². The summed E-state index contributed by atoms with van der Waals surface area (Å²) in [6.45, 7) is 5.09. The van der Waals surface area contributed by atoms with E-state index in [1.54, 1.807) is 0 Å². The molecule has 0 aromatic rings. The monoisotopic (exact) mass is 748 g/mol. The Balaban J connectivity index is 4.72. The molecule has 0 aromatic carbocycles. The maximum absolute atomic E-state index is 13.6. The maximum atomic E-state index is 13.6. The van der Waals surface area contributed by atoms with Crippen LogP contribution in [0, 0.1) is 0 Å². The minimum atomic E-state index is -1.31. The van der Waals surface area contributed by atoms with E-state index in [2.05, 4.69) is 31.0 Å². The first-order valence-corrected chi connectivity index (χ1v) is 22.0. The van der Waals surface area contributed by atoms with Crippen molar-refractivity contribution in [3.05, 3.63) is 12.2 Å². The lowest BCUT2D eigenvalue weighted by atomic mass is 9.97. The number of hydrogen-bond donors (Lipinski definition) is 5. The van der Waals surface area contributed by atoms with E-state index in [1.807, 2.05) is 0 Å². The molecule has 0 heterocycles. The molecule has 10 heteroatoms. The molecule has 0 radical (unpaired) electrons. The average Bonchev–Trinajstić information content (AvgIpc) is 3.13. The molecule has 0 aromatic heterocycles. The Morgan fingerprint density at radius 1 is 0.566 bits per heavy atom. The van der Waals surface area contributed by atoms with Gasteiger partial charge in [-0.3, -0.25) is 24.3 Å². The van der Waals surface area contributed by atoms with Crippen LogP contribution in [0.5, 0.6) is 0 Å². The quantitative estimate of drug-likeness (QED) is 0.0179. The van der Waals surface area contributed by atoms with Crippen molar-refractivity contribution < 1.29 is 14.4 Å². The number of hydrogen-bond acceptors (Lipinski definition) is 7. The van der Waals surface area contributed by atoms with Gasteiger partial charge in [0.15, 0.2) is 11.7 Å². The predicted octanol–water partition coefficient (Wildman–Crippen LogP) is 8.47. The van der Waals surface area contributed by atoms with Crippen molar-refractivity contribution in [2.75, 3.05) is 13.1 Å². The molecule has 310 valence electrons. The van der Waals surface area contributed by atoms with E-state index >= 15 is 0 Å². The molecule has 10 N–H and O–H groups in total. The number of nitrogens with zero attached hydrogens (tertiary/aromatic N) is 2. The first-order valence-electron chi connectivity index (χ1n) is 22.0. The summed E-state index contributed by atoms with van der Waals surface area (Å²) >= 11 is 0. The number of rotatable bonds is 38. The lowest BCUT2D eigenvalue weighted by Crippen LogP contribution is -2.58. The Labute approximate surface area is 325 Å². The van der Waals surface area contributed by atoms with Crippen molar-refractivity contribution in [2.45, 2.75) is 225 Å². The number of Topliss-reactive ketones (excluding diaryl/α,β-unsaturated/α-hetero) is 1. The molecule has 0 bridgehead atoms. The molecule has 0 aliphatic rings. The van der Waals surface area contributed by atoms with Gasteiger partial charge in [0.2, 0.25) is 11.8 Å². The van der Waals surface area contributed by atoms with Gasteiger partial charge in [-0.1, -0.05) is 161 Å². The molecule has 0 spiro atoms. The number of carbonyl (C=O) groups excluding carboxylic acids is 3. The first-order chi connectivity index (χ1) is 25.6. The lowest BCUT2D eigenvalue weighted by Gasteiger charge is -2.27. The summed E-state index contributed by atoms with van der Waals surface area (Å²) in [6, 6.07) is -3.08. The first kappa shape index (κ1) is 50.7. The fraction of sp³-hybridized carbons (Fsp3) is 0.860. The van der Waals surface area contributed by atoms with Crippen molar-refractivity contribution >= 4 is 23.6 Å². The van der Waals surface area contributed by atoms with Gasteiger partial charge in [-0.2, -0.15) is 0 Å². The zero-order valence-corrected chi connectivity index (χ0v) is 34.5. The molecule has 2 unspecified atom stereocenters. The van der Waals surface area contributed by atoms with Crippen LogP contribution in [0.15, 0.2) is 17.1 Å². The zero-order chi connectivity index (χ0) is 39.4. The van der Waals surface area contributed by atoms with Crippen molar-refractivity contribution in [3.8, 4) is 0 Å². The van der Waals surface area contributed by atoms with Gasteiger partial charge in [0, 0.05) is 32.0 Å². The fourth-order valence-corrected chi connectivity index (χ4v) is 6.69. The molecule has 3 atom stereocenters. The third-order valence-electron chi connectivity index (χ3n) is 10.3. The number of ketones is 1. The predicted molar refractivity (Wildman–Crippen MR) is 225 cm³/mol. The summed E-state index contributed by atoms with van der Waals surface area (Å²) < 4.78 is 0. The van der Waals surface area contributed by atoms with Gasteiger partial charge in [-0.15, -0.1) is 0 Å². The molecule has 0 aliphatic carbocycles. The minimum absolute atomic E-state index is 0.0434. The number of unbranched alkanes of at least 4 members (excludes halogenated alkanes) is 24. The largest absolute Gasteiger partial charge is 0.370 e. The van der Waals surface area contributed by atoms with Crippen LogP contribution >= 0.6 is 0 Å². The molecule has 0 saturated heterocycles. The van der Waals surface area contributed by atoms with E-state index in [0.29, 0.717) is 25.8 Å². The van der Waals surface area contributed by atoms with Crippen LogP contribution in [0.3, 0.4) is 0 Å². The molecular weight excluding hydrogens is 663 g/mol. The van der Waals surface area contributed by atoms with Crippen molar-refractivity contribution in [2.24, 2.45) is 33.7 Å². The van der Waals surface area contributed by atoms with E-state index < -0.39 is 29.8 Å². The summed E-state index contributed by atoms with van der Waals surface area (Å²) in [5, 5.41) is 0. The summed E-state index contributed by atoms with van der Waals surface area (Å²) in [4.78, 5) is 45.0. The summed E-state index contributed by atoms with van der Waals surface area (Å²) in [7, 11) is 0. The third kappa shape index (κ3) is 30.7. The Morgan fingerprint density at radius 2 is 0.981 bits per heavy atom. The SMILES string of the molecule is CCCCCCCC/C=C\CCCCCCCCN(C(=O)CCCCCCCCCCCCCCC)C(=O)C(N)C(N)C(=O)C[C@H](N)CCN=C(N)N. The van der Waals surface area contributed by atoms with Crippen LogP contribution in [0.2, 0.25) is 0 Å². The standard InChI is InChI=1S/C43H85N7O3/c1-3-5-7-9-11-13-15-17-18-19-21-23-25-27-29-31-35-50(39(52)32-30-28-26-24-22-20-16-14-12-10-8-6-4-2)42(53)41(46)40(45)38(51)36-37(44)33-34-49-43(47)48/h17-18,37,40-41H,3-16,19-36,44-46H2,1-2H3,(H4,47,48,49)/b18-17-/t37-,40?,41?/m1/s1. The van der Waals surface area contributed by atoms with E-state index in [-0.39, 0.29) is 24.8 Å². The maximum Gasteiger partial charge on any atom is 0.248 e. The Morgan fingerprint density at radius 3 is 1.43 bits per heavy atom. The normalized spacial score (nSPS) is 13.2. The van der Waals surface area contributed by atoms with Crippen molar-refractivity contribution in [1.82, 2.24) is 4.90 Å². The zero-order valence-electron chi connectivity index (χ0n) is 34.5. The van der Waals surface area contributed by atoms with Gasteiger partial charge >= 0.3 is 0 Å². The summed E-state index contributed by atoms with van der Waals surface area (Å²) in [5.74, 6) is -1.26. The number of aliphatic imine (C=N–C) groups is 1. The van der Waals surface area contributed by atoms with Crippen LogP contribution in [0.25, 0.3) is 0 Å². The lowest BCUT2D eigenvalue weighted by molar-refractivity contribution is -0.147. The molecule has 0 saturated carbocycles. The molecular formula is C43H85N7O3. The summed E-state index contributed by atoms with van der Waals surface area (Å²) in [5.41, 5.74) is 29.2.